The van der Waals surface area contributed by atoms with Crippen LogP contribution in [0.3, 0.4) is 0 Å². The van der Waals surface area contributed by atoms with E-state index in [1.165, 1.54) is 0 Å². The molecule has 1 aliphatic rings. The zero-order valence-corrected chi connectivity index (χ0v) is 13.5. The number of nitriles is 1. The van der Waals surface area contributed by atoms with Crippen LogP contribution >= 0.6 is 11.8 Å². The average Bonchev–Trinajstić information content (AvgIpc) is 3.28. The van der Waals surface area contributed by atoms with Crippen molar-refractivity contribution in [3.63, 3.8) is 0 Å². The van der Waals surface area contributed by atoms with E-state index in [2.05, 4.69) is 16.4 Å². The Balaban J connectivity index is 1.58. The number of carbonyl (C=O) groups excluding carboxylic acids is 1. The zero-order chi connectivity index (χ0) is 16.5. The minimum absolute atomic E-state index is 0.0218. The summed E-state index contributed by atoms with van der Waals surface area (Å²) in [5, 5.41) is 13.3. The first-order valence-electron chi connectivity index (χ1n) is 7.59. The molecule has 1 aliphatic heterocycles. The highest BCUT2D eigenvalue weighted by atomic mass is 32.2. The van der Waals surface area contributed by atoms with Gasteiger partial charge in [0.2, 0.25) is 5.91 Å². The van der Waals surface area contributed by atoms with E-state index in [9.17, 15) is 4.79 Å². The fourth-order valence-electron chi connectivity index (χ4n) is 2.91. The number of benzene rings is 1. The zero-order valence-electron chi connectivity index (χ0n) is 12.7. The number of hydrogen-bond donors (Lipinski definition) is 1. The van der Waals surface area contributed by atoms with Crippen LogP contribution in [0.25, 0.3) is 10.9 Å². The summed E-state index contributed by atoms with van der Waals surface area (Å²) in [6, 6.07) is 13.0. The van der Waals surface area contributed by atoms with Crippen molar-refractivity contribution in [1.29, 1.82) is 5.26 Å². The van der Waals surface area contributed by atoms with Crippen LogP contribution in [0.1, 0.15) is 21.3 Å². The van der Waals surface area contributed by atoms with E-state index in [-0.39, 0.29) is 17.3 Å². The van der Waals surface area contributed by atoms with Crippen LogP contribution < -0.4 is 5.32 Å². The van der Waals surface area contributed by atoms with Gasteiger partial charge in [-0.15, -0.1) is 11.8 Å². The summed E-state index contributed by atoms with van der Waals surface area (Å²) in [5.74, 6) is 0.738. The molecule has 1 fully saturated rings. The number of nitrogens with zero attached hydrogens (tertiary/aromatic N) is 3. The largest absolute Gasteiger partial charge is 0.290 e. The van der Waals surface area contributed by atoms with E-state index in [0.717, 1.165) is 16.5 Å². The van der Waals surface area contributed by atoms with Gasteiger partial charge in [0.1, 0.15) is 0 Å². The Morgan fingerprint density at radius 2 is 2.29 bits per heavy atom. The monoisotopic (exact) mass is 334 g/mol. The molecular formula is C18H14N4OS. The molecule has 1 N–H and O–H groups in total. The highest BCUT2D eigenvalue weighted by Gasteiger charge is 2.31. The molecule has 0 radical (unpaired) electrons. The molecule has 0 aliphatic carbocycles. The maximum Gasteiger partial charge on any atom is 0.249 e. The number of nitrogens with one attached hydrogen (secondary N) is 1. The van der Waals surface area contributed by atoms with Gasteiger partial charge in [-0.25, -0.2) is 0 Å². The fraction of sp³-hybridized carbons (Fsp3) is 0.167. The summed E-state index contributed by atoms with van der Waals surface area (Å²) in [7, 11) is 0. The first-order chi connectivity index (χ1) is 11.8. The Morgan fingerprint density at radius 1 is 1.38 bits per heavy atom. The average molecular weight is 334 g/mol. The summed E-state index contributed by atoms with van der Waals surface area (Å²) in [5.41, 5.74) is 2.50. The van der Waals surface area contributed by atoms with Gasteiger partial charge < -0.3 is 0 Å². The molecule has 2 aromatic heterocycles. The van der Waals surface area contributed by atoms with Crippen molar-refractivity contribution in [2.45, 2.75) is 11.4 Å². The molecule has 6 heteroatoms. The van der Waals surface area contributed by atoms with E-state index in [1.807, 2.05) is 30.5 Å². The van der Waals surface area contributed by atoms with Gasteiger partial charge in [-0.3, -0.25) is 19.7 Å². The lowest BCUT2D eigenvalue weighted by Crippen LogP contribution is -2.37. The van der Waals surface area contributed by atoms with Crippen molar-refractivity contribution in [3.05, 3.63) is 66.1 Å². The van der Waals surface area contributed by atoms with Crippen molar-refractivity contribution in [3.8, 4) is 6.07 Å². The number of aromatic nitrogens is 2. The SMILES string of the molecule is N#Cc1ccc2c(ccn2C(=O)C2CSC(c3cccnc3)N2)c1. The fourth-order valence-corrected chi connectivity index (χ4v) is 4.13. The van der Waals surface area contributed by atoms with E-state index in [0.29, 0.717) is 11.3 Å². The summed E-state index contributed by atoms with van der Waals surface area (Å²) in [6.07, 6.45) is 5.34. The summed E-state index contributed by atoms with van der Waals surface area (Å²) >= 11 is 1.71. The topological polar surface area (TPSA) is 70.7 Å². The van der Waals surface area contributed by atoms with Crippen LogP contribution in [-0.2, 0) is 0 Å². The molecule has 118 valence electrons. The van der Waals surface area contributed by atoms with E-state index in [4.69, 9.17) is 5.26 Å². The predicted molar refractivity (Wildman–Crippen MR) is 93.6 cm³/mol. The predicted octanol–water partition coefficient (Wildman–Crippen LogP) is 2.95. The highest BCUT2D eigenvalue weighted by Crippen LogP contribution is 2.33. The van der Waals surface area contributed by atoms with Gasteiger partial charge in [0.15, 0.2) is 0 Å². The van der Waals surface area contributed by atoms with Crippen LogP contribution in [0.15, 0.2) is 55.0 Å². The van der Waals surface area contributed by atoms with E-state index < -0.39 is 0 Å². The van der Waals surface area contributed by atoms with Gasteiger partial charge in [0, 0.05) is 29.7 Å². The second-order valence-corrected chi connectivity index (χ2v) is 6.77. The number of pyridine rings is 1. The Morgan fingerprint density at radius 3 is 3.08 bits per heavy atom. The molecular weight excluding hydrogens is 320 g/mol. The molecule has 0 amide bonds. The van der Waals surface area contributed by atoms with Crippen molar-refractivity contribution >= 4 is 28.6 Å². The number of thioether (sulfide) groups is 1. The quantitative estimate of drug-likeness (QED) is 0.780. The summed E-state index contributed by atoms with van der Waals surface area (Å²) in [4.78, 5) is 17.0. The molecule has 24 heavy (non-hydrogen) atoms. The third-order valence-electron chi connectivity index (χ3n) is 4.12. The third kappa shape index (κ3) is 2.58. The first kappa shape index (κ1) is 14.9. The maximum atomic E-state index is 12.9. The Bertz CT molecular complexity index is 945. The summed E-state index contributed by atoms with van der Waals surface area (Å²) < 4.78 is 1.67. The van der Waals surface area contributed by atoms with Crippen molar-refractivity contribution < 1.29 is 4.79 Å². The molecule has 0 bridgehead atoms. The molecule has 5 nitrogen and oxygen atoms in total. The molecule has 0 saturated carbocycles. The van der Waals surface area contributed by atoms with Crippen molar-refractivity contribution in [2.24, 2.45) is 0 Å². The third-order valence-corrected chi connectivity index (χ3v) is 5.39. The Hall–Kier alpha value is -2.62. The molecule has 2 unspecified atom stereocenters. The lowest BCUT2D eigenvalue weighted by molar-refractivity contribution is 0.0879. The van der Waals surface area contributed by atoms with Gasteiger partial charge >= 0.3 is 0 Å². The van der Waals surface area contributed by atoms with Crippen LogP contribution in [0.2, 0.25) is 0 Å². The normalized spacial score (nSPS) is 20.1. The van der Waals surface area contributed by atoms with Crippen LogP contribution in [0.5, 0.6) is 0 Å². The Labute approximate surface area is 143 Å². The van der Waals surface area contributed by atoms with Crippen LogP contribution in [0, 0.1) is 11.3 Å². The van der Waals surface area contributed by atoms with Crippen molar-refractivity contribution in [1.82, 2.24) is 14.9 Å². The second-order valence-electron chi connectivity index (χ2n) is 5.63. The van der Waals surface area contributed by atoms with Crippen LogP contribution in [-0.4, -0.2) is 27.3 Å². The van der Waals surface area contributed by atoms with Gasteiger partial charge in [-0.2, -0.15) is 5.26 Å². The maximum absolute atomic E-state index is 12.9. The van der Waals surface area contributed by atoms with E-state index in [1.54, 1.807) is 40.9 Å². The highest BCUT2D eigenvalue weighted by molar-refractivity contribution is 7.99. The Kier molecular flexibility index (Phi) is 3.81. The molecule has 1 saturated heterocycles. The van der Waals surface area contributed by atoms with Crippen LogP contribution in [0.4, 0.5) is 0 Å². The molecule has 0 spiro atoms. The van der Waals surface area contributed by atoms with Gasteiger partial charge in [-0.05, 0) is 35.9 Å². The number of fused-ring (bicyclic) bond motifs is 1. The molecule has 3 heterocycles. The molecule has 1 aromatic carbocycles. The number of carbonyl (C=O) groups is 1. The lowest BCUT2D eigenvalue weighted by Gasteiger charge is -2.13. The molecule has 2 atom stereocenters. The van der Waals surface area contributed by atoms with E-state index >= 15 is 0 Å². The van der Waals surface area contributed by atoms with Crippen molar-refractivity contribution in [2.75, 3.05) is 5.75 Å². The standard InChI is InChI=1S/C18H14N4OS/c19-9-12-3-4-16-13(8-12)5-7-22(16)18(23)15-11-24-17(21-15)14-2-1-6-20-10-14/h1-8,10,15,17,21H,11H2. The first-order valence-corrected chi connectivity index (χ1v) is 8.64. The van der Waals surface area contributed by atoms with Gasteiger partial charge in [0.05, 0.1) is 28.6 Å². The molecule has 3 aromatic rings. The number of rotatable bonds is 2. The number of hydrogen-bond acceptors (Lipinski definition) is 5. The lowest BCUT2D eigenvalue weighted by atomic mass is 10.2. The minimum Gasteiger partial charge on any atom is -0.290 e. The van der Waals surface area contributed by atoms with Gasteiger partial charge in [-0.1, -0.05) is 6.07 Å². The molecule has 4 rings (SSSR count). The minimum atomic E-state index is -0.244. The second kappa shape index (κ2) is 6.11. The van der Waals surface area contributed by atoms with Gasteiger partial charge in [0.25, 0.3) is 0 Å². The summed E-state index contributed by atoms with van der Waals surface area (Å²) in [6.45, 7) is 0. The smallest absolute Gasteiger partial charge is 0.249 e.